The summed E-state index contributed by atoms with van der Waals surface area (Å²) in [4.78, 5) is 56.2. The second-order valence-electron chi connectivity index (χ2n) is 14.4. The molecule has 54 heavy (non-hydrogen) atoms. The van der Waals surface area contributed by atoms with Crippen molar-refractivity contribution in [2.45, 2.75) is 124 Å². The fourth-order valence-corrected chi connectivity index (χ4v) is 8.58. The van der Waals surface area contributed by atoms with Crippen LogP contribution >= 0.6 is 23.5 Å². The van der Waals surface area contributed by atoms with Crippen LogP contribution in [0.3, 0.4) is 0 Å². The molecule has 0 aromatic heterocycles. The molecule has 5 rings (SSSR count). The van der Waals surface area contributed by atoms with Crippen molar-refractivity contribution in [3.63, 3.8) is 0 Å². The molecule has 0 bridgehead atoms. The predicted molar refractivity (Wildman–Crippen MR) is 217 cm³/mol. The summed E-state index contributed by atoms with van der Waals surface area (Å²) in [5.74, 6) is 1.10. The third-order valence-corrected chi connectivity index (χ3v) is 12.0. The molecule has 1 aliphatic carbocycles. The first-order valence-corrected chi connectivity index (χ1v) is 21.1. The fraction of sp³-hybridized carbons (Fsp3) is 0.391. The van der Waals surface area contributed by atoms with Crippen molar-refractivity contribution in [2.75, 3.05) is 0 Å². The van der Waals surface area contributed by atoms with Gasteiger partial charge in [0.1, 0.15) is 11.5 Å². The summed E-state index contributed by atoms with van der Waals surface area (Å²) in [7, 11) is 0. The molecule has 6 nitrogen and oxygen atoms in total. The monoisotopic (exact) mass is 764 g/mol. The largest absolute Gasteiger partial charge is 0.427 e. The number of benzene rings is 4. The van der Waals surface area contributed by atoms with Gasteiger partial charge >= 0.3 is 11.9 Å². The van der Waals surface area contributed by atoms with Crippen LogP contribution in [-0.2, 0) is 9.59 Å². The summed E-state index contributed by atoms with van der Waals surface area (Å²) in [6.45, 7) is 8.76. The minimum atomic E-state index is -0.235. The van der Waals surface area contributed by atoms with Crippen LogP contribution in [-0.4, -0.2) is 23.5 Å². The van der Waals surface area contributed by atoms with Crippen LogP contribution in [0.1, 0.15) is 137 Å². The molecule has 0 spiro atoms. The van der Waals surface area contributed by atoms with E-state index in [2.05, 4.69) is 27.7 Å². The van der Waals surface area contributed by atoms with Gasteiger partial charge < -0.3 is 9.47 Å². The number of ether oxygens (including phenoxy) is 2. The highest BCUT2D eigenvalue weighted by atomic mass is 32.2. The molecule has 0 fully saturated rings. The second-order valence-corrected chi connectivity index (χ2v) is 16.6. The maximum Gasteiger partial charge on any atom is 0.311 e. The standard InChI is InChI=1S/C46H52O6S2/c1-5-7-9-13-31(3)19-29-41(47)51-33-21-25-35(26-22-33)53-39-17-11-15-37-43(39)45(49)38-16-12-18-40(44(38)46(37)50)54-36-27-23-34(24-28-36)52-42(48)30-20-32(4)14-10-8-6-2/h11-12,15-18,21-28,31-32H,5-10,13-14,19-20,29-30H2,1-4H3. The average molecular weight is 765 g/mol. The van der Waals surface area contributed by atoms with Gasteiger partial charge in [-0.15, -0.1) is 0 Å². The van der Waals surface area contributed by atoms with Crippen molar-refractivity contribution in [2.24, 2.45) is 11.8 Å². The number of hydrogen-bond donors (Lipinski definition) is 0. The Balaban J connectivity index is 1.20. The molecule has 4 aromatic rings. The highest BCUT2D eigenvalue weighted by molar-refractivity contribution is 7.99. The first-order valence-electron chi connectivity index (χ1n) is 19.5. The molecule has 284 valence electrons. The van der Waals surface area contributed by atoms with Crippen molar-refractivity contribution in [3.05, 3.63) is 107 Å². The number of carbonyl (C=O) groups is 4. The summed E-state index contributed by atoms with van der Waals surface area (Å²) in [6, 6.07) is 25.3. The first kappa shape index (κ1) is 41.0. The van der Waals surface area contributed by atoms with E-state index in [1.165, 1.54) is 62.0 Å². The highest BCUT2D eigenvalue weighted by Crippen LogP contribution is 2.41. The van der Waals surface area contributed by atoms with Gasteiger partial charge in [0.25, 0.3) is 0 Å². The molecule has 4 aromatic carbocycles. The smallest absolute Gasteiger partial charge is 0.311 e. The highest BCUT2D eigenvalue weighted by Gasteiger charge is 2.34. The van der Waals surface area contributed by atoms with Gasteiger partial charge in [-0.1, -0.05) is 127 Å². The summed E-state index contributed by atoms with van der Waals surface area (Å²) >= 11 is 2.80. The van der Waals surface area contributed by atoms with E-state index in [4.69, 9.17) is 9.47 Å². The molecule has 0 saturated heterocycles. The minimum absolute atomic E-state index is 0.193. The number of carbonyl (C=O) groups excluding carboxylic acids is 4. The van der Waals surface area contributed by atoms with Gasteiger partial charge in [0, 0.05) is 54.7 Å². The van der Waals surface area contributed by atoms with Gasteiger partial charge in [0.2, 0.25) is 0 Å². The van der Waals surface area contributed by atoms with Gasteiger partial charge in [-0.05, 0) is 85.3 Å². The topological polar surface area (TPSA) is 86.7 Å². The zero-order chi connectivity index (χ0) is 38.5. The molecule has 2 unspecified atom stereocenters. The van der Waals surface area contributed by atoms with E-state index in [1.54, 1.807) is 48.5 Å². The number of esters is 2. The van der Waals surface area contributed by atoms with E-state index in [0.29, 0.717) is 68.2 Å². The number of unbranched alkanes of at least 4 members (excludes halogenated alkanes) is 4. The van der Waals surface area contributed by atoms with Crippen molar-refractivity contribution >= 4 is 47.0 Å². The van der Waals surface area contributed by atoms with Crippen molar-refractivity contribution in [1.29, 1.82) is 0 Å². The Hall–Kier alpha value is -4.14. The molecular formula is C46H52O6S2. The van der Waals surface area contributed by atoms with Crippen LogP contribution in [0.25, 0.3) is 0 Å². The Kier molecular flexibility index (Phi) is 15.6. The molecule has 0 saturated carbocycles. The zero-order valence-electron chi connectivity index (χ0n) is 32.0. The van der Waals surface area contributed by atoms with Crippen molar-refractivity contribution in [1.82, 2.24) is 0 Å². The SMILES string of the molecule is CCCCCC(C)CCC(=O)Oc1ccc(Sc2cccc3c2C(=O)c2cccc(Sc4ccc(OC(=O)CCC(C)CCCCC)cc4)c2C3=O)cc1. The number of fused-ring (bicyclic) bond motifs is 2. The maximum atomic E-state index is 14.1. The van der Waals surface area contributed by atoms with Crippen molar-refractivity contribution in [3.8, 4) is 11.5 Å². The lowest BCUT2D eigenvalue weighted by Crippen LogP contribution is -2.22. The van der Waals surface area contributed by atoms with E-state index in [9.17, 15) is 19.2 Å². The van der Waals surface area contributed by atoms with Gasteiger partial charge in [-0.2, -0.15) is 0 Å². The molecule has 2 atom stereocenters. The second kappa shape index (κ2) is 20.5. The Morgan fingerprint density at radius 2 is 0.926 bits per heavy atom. The van der Waals surface area contributed by atoms with Gasteiger partial charge in [0.15, 0.2) is 11.6 Å². The summed E-state index contributed by atoms with van der Waals surface area (Å²) in [5, 5.41) is 0. The third-order valence-electron chi connectivity index (χ3n) is 9.85. The molecule has 0 N–H and O–H groups in total. The van der Waals surface area contributed by atoms with Gasteiger partial charge in [-0.3, -0.25) is 19.2 Å². The summed E-state index contributed by atoms with van der Waals surface area (Å²) < 4.78 is 11.2. The first-order chi connectivity index (χ1) is 26.2. The number of ketones is 2. The molecule has 1 aliphatic rings. The summed E-state index contributed by atoms with van der Waals surface area (Å²) in [5.41, 5.74) is 1.54. The van der Waals surface area contributed by atoms with Crippen LogP contribution in [0.2, 0.25) is 0 Å². The minimum Gasteiger partial charge on any atom is -0.427 e. The molecule has 0 amide bonds. The average Bonchev–Trinajstić information content (AvgIpc) is 3.17. The van der Waals surface area contributed by atoms with E-state index in [1.807, 2.05) is 36.4 Å². The Morgan fingerprint density at radius 1 is 0.537 bits per heavy atom. The van der Waals surface area contributed by atoms with E-state index < -0.39 is 0 Å². The summed E-state index contributed by atoms with van der Waals surface area (Å²) in [6.07, 6.45) is 11.9. The van der Waals surface area contributed by atoms with Gasteiger partial charge in [0.05, 0.1) is 0 Å². The lowest BCUT2D eigenvalue weighted by atomic mass is 9.84. The van der Waals surface area contributed by atoms with E-state index >= 15 is 0 Å². The zero-order valence-corrected chi connectivity index (χ0v) is 33.6. The lowest BCUT2D eigenvalue weighted by molar-refractivity contribution is -0.135. The molecule has 0 aliphatic heterocycles. The molecule has 8 heteroatoms. The van der Waals surface area contributed by atoms with Crippen LogP contribution < -0.4 is 9.47 Å². The van der Waals surface area contributed by atoms with Crippen LogP contribution in [0.4, 0.5) is 0 Å². The van der Waals surface area contributed by atoms with Crippen LogP contribution in [0.15, 0.2) is 105 Å². The van der Waals surface area contributed by atoms with Crippen LogP contribution in [0, 0.1) is 11.8 Å². The third kappa shape index (κ3) is 11.4. The van der Waals surface area contributed by atoms with Crippen molar-refractivity contribution < 1.29 is 28.7 Å². The quantitative estimate of drug-likeness (QED) is 0.0440. The normalized spacial score (nSPS) is 13.2. The van der Waals surface area contributed by atoms with Crippen LogP contribution in [0.5, 0.6) is 11.5 Å². The fourth-order valence-electron chi connectivity index (χ4n) is 6.62. The van der Waals surface area contributed by atoms with E-state index in [-0.39, 0.29) is 23.5 Å². The Bertz CT molecular complexity index is 1760. The lowest BCUT2D eigenvalue weighted by Gasteiger charge is -2.22. The molecular weight excluding hydrogens is 713 g/mol. The number of rotatable bonds is 20. The molecule has 0 heterocycles. The Morgan fingerprint density at radius 3 is 1.30 bits per heavy atom. The van der Waals surface area contributed by atoms with Gasteiger partial charge in [-0.25, -0.2) is 0 Å². The van der Waals surface area contributed by atoms with E-state index in [0.717, 1.165) is 35.5 Å². The maximum absolute atomic E-state index is 14.1. The number of hydrogen-bond acceptors (Lipinski definition) is 8. The molecule has 0 radical (unpaired) electrons. The Labute approximate surface area is 329 Å². The predicted octanol–water partition coefficient (Wildman–Crippen LogP) is 12.6.